The number of rotatable bonds is 3. The number of alkyl halides is 1. The molecular weight excluding hydrogens is 552 g/mol. The third-order valence-electron chi connectivity index (χ3n) is 6.46. The number of hydrogen-bond acceptors (Lipinski definition) is 6. The molecule has 5 heterocycles. The molecule has 0 aliphatic carbocycles. The van der Waals surface area contributed by atoms with Crippen molar-refractivity contribution in [2.45, 2.75) is 10.3 Å². The molecule has 8 nitrogen and oxygen atoms in total. The number of fused-ring (bicyclic) bond motifs is 5. The van der Waals surface area contributed by atoms with E-state index >= 15 is 0 Å². The number of benzene rings is 1. The number of nitrogens with zero attached hydrogens (tertiary/aromatic N) is 2. The Morgan fingerprint density at radius 3 is 3.15 bits per heavy atom. The van der Waals surface area contributed by atoms with Crippen molar-refractivity contribution in [2.75, 3.05) is 38.7 Å². The van der Waals surface area contributed by atoms with Crippen molar-refractivity contribution in [1.82, 2.24) is 18.4 Å². The number of carbonyl (C=O) groups is 1. The molecule has 178 valence electrons. The van der Waals surface area contributed by atoms with Gasteiger partial charge in [-0.25, -0.2) is 0 Å². The van der Waals surface area contributed by atoms with Gasteiger partial charge in [-0.05, 0) is 0 Å². The number of halogens is 2. The fraction of sp³-hybridized carbons (Fsp3) is 0.333. The molecule has 3 atom stereocenters. The number of H-pyrrole nitrogens is 1. The summed E-state index contributed by atoms with van der Waals surface area (Å²) in [6, 6.07) is 6.58. The molecule has 0 saturated carbocycles. The van der Waals surface area contributed by atoms with Crippen molar-refractivity contribution in [3.05, 3.63) is 53.7 Å². The Balaban J connectivity index is 1.56. The second-order valence-electron chi connectivity index (χ2n) is 8.59. The summed E-state index contributed by atoms with van der Waals surface area (Å²) in [6.45, 7) is 3.31. The van der Waals surface area contributed by atoms with Gasteiger partial charge in [0.05, 0.1) is 0 Å². The standard InChI is InChI=1S/C24H24FIN5O3/c1-33-23-15(25)3-2-4-17(23)29-22-19-21-16(9-28-24(19)32)26-31-8-6-13(11-31)12-34-18-10-27-7-5-14(18)20(22)30-21/h2-5,7,10,13,16,29-30H,6,8-9,11-12H2,1H3,(H,28,32)/q-1. The van der Waals surface area contributed by atoms with Crippen molar-refractivity contribution in [1.29, 1.82) is 0 Å². The molecule has 0 spiro atoms. The first kappa shape index (κ1) is 21.7. The van der Waals surface area contributed by atoms with Crippen LogP contribution in [0.5, 0.6) is 11.5 Å². The Bertz CT molecular complexity index is 1270. The minimum atomic E-state index is -0.478. The predicted molar refractivity (Wildman–Crippen MR) is 121 cm³/mol. The summed E-state index contributed by atoms with van der Waals surface area (Å²) >= 11 is -0.359. The molecule has 1 amide bonds. The van der Waals surface area contributed by atoms with E-state index in [1.165, 1.54) is 13.2 Å². The van der Waals surface area contributed by atoms with E-state index in [4.69, 9.17) is 9.47 Å². The maximum atomic E-state index is 14.5. The van der Waals surface area contributed by atoms with Crippen LogP contribution in [0.1, 0.15) is 26.4 Å². The molecule has 3 aliphatic heterocycles. The van der Waals surface area contributed by atoms with Gasteiger partial charge in [0.2, 0.25) is 0 Å². The van der Waals surface area contributed by atoms with Gasteiger partial charge < -0.3 is 0 Å². The number of methoxy groups -OCH3 is 1. The monoisotopic (exact) mass is 576 g/mol. The molecule has 3 unspecified atom stereocenters. The van der Waals surface area contributed by atoms with E-state index in [1.54, 1.807) is 24.5 Å². The first-order valence-electron chi connectivity index (χ1n) is 11.2. The van der Waals surface area contributed by atoms with Crippen LogP contribution in [0.15, 0.2) is 36.7 Å². The Morgan fingerprint density at radius 1 is 1.35 bits per heavy atom. The summed E-state index contributed by atoms with van der Waals surface area (Å²) in [5.74, 6) is 0.598. The van der Waals surface area contributed by atoms with Gasteiger partial charge >= 0.3 is 207 Å². The fourth-order valence-electron chi connectivity index (χ4n) is 4.81. The number of aromatic nitrogens is 2. The third-order valence-corrected chi connectivity index (χ3v) is 9.86. The predicted octanol–water partition coefficient (Wildman–Crippen LogP) is 0.471. The third kappa shape index (κ3) is 3.68. The van der Waals surface area contributed by atoms with Gasteiger partial charge in [-0.3, -0.25) is 0 Å². The van der Waals surface area contributed by atoms with Crippen molar-refractivity contribution >= 4 is 17.3 Å². The SMILES string of the molecule is COc1c(F)cccc1Nc1c2[nH]c3c1C(=O)NCC3[I-]N1CCC(COc3cnccc3-2)C1. The molecule has 3 N–H and O–H groups in total. The Labute approximate surface area is 206 Å². The van der Waals surface area contributed by atoms with Crippen molar-refractivity contribution < 1.29 is 40.1 Å². The molecule has 1 fully saturated rings. The molecule has 10 heteroatoms. The first-order valence-corrected chi connectivity index (χ1v) is 13.4. The maximum absolute atomic E-state index is 14.5. The molecule has 3 aromatic rings. The van der Waals surface area contributed by atoms with Crippen molar-refractivity contribution in [2.24, 2.45) is 5.92 Å². The molecule has 2 aromatic heterocycles. The first-order chi connectivity index (χ1) is 16.6. The molecule has 6 rings (SSSR count). The van der Waals surface area contributed by atoms with Crippen LogP contribution in [-0.2, 0) is 0 Å². The van der Waals surface area contributed by atoms with Crippen LogP contribution in [0.4, 0.5) is 15.8 Å². The number of para-hydroxylation sites is 1. The van der Waals surface area contributed by atoms with Crippen molar-refractivity contribution in [3.8, 4) is 22.8 Å². The zero-order chi connectivity index (χ0) is 23.2. The minimum absolute atomic E-state index is 0.0936. The summed E-state index contributed by atoms with van der Waals surface area (Å²) in [7, 11) is 1.43. The van der Waals surface area contributed by atoms with E-state index in [0.29, 0.717) is 41.8 Å². The van der Waals surface area contributed by atoms with Crippen molar-refractivity contribution in [3.63, 3.8) is 0 Å². The molecule has 4 bridgehead atoms. The molecule has 1 saturated heterocycles. The summed E-state index contributed by atoms with van der Waals surface area (Å²) in [5.41, 5.74) is 4.05. The zero-order valence-electron chi connectivity index (χ0n) is 18.5. The molecule has 3 aliphatic rings. The number of carbonyl (C=O) groups excluding carboxylic acids is 1. The topological polar surface area (TPSA) is 91.5 Å². The van der Waals surface area contributed by atoms with Gasteiger partial charge in [0, 0.05) is 0 Å². The van der Waals surface area contributed by atoms with Crippen LogP contribution in [0, 0.1) is 11.7 Å². The average molecular weight is 576 g/mol. The van der Waals surface area contributed by atoms with E-state index in [9.17, 15) is 9.18 Å². The Morgan fingerprint density at radius 2 is 2.26 bits per heavy atom. The molecular formula is C24H24FIN5O3-. The van der Waals surface area contributed by atoms with Gasteiger partial charge in [-0.15, -0.1) is 0 Å². The van der Waals surface area contributed by atoms with Crippen LogP contribution in [0.3, 0.4) is 0 Å². The summed E-state index contributed by atoms with van der Waals surface area (Å²) in [5, 5.41) is 6.40. The molecule has 1 aromatic carbocycles. The number of nitrogens with one attached hydrogen (secondary N) is 3. The number of anilines is 2. The van der Waals surface area contributed by atoms with E-state index in [2.05, 4.69) is 23.7 Å². The quantitative estimate of drug-likeness (QED) is 0.239. The Hall–Kier alpha value is -2.86. The number of amides is 1. The number of ether oxygens (including phenoxy) is 2. The van der Waals surface area contributed by atoms with Crippen LogP contribution in [0.25, 0.3) is 11.3 Å². The fourth-order valence-corrected chi connectivity index (χ4v) is 8.26. The normalized spacial score (nSPS) is 23.4. The second kappa shape index (κ2) is 8.73. The van der Waals surface area contributed by atoms with Gasteiger partial charge in [0.15, 0.2) is 0 Å². The van der Waals surface area contributed by atoms with Gasteiger partial charge in [-0.2, -0.15) is 0 Å². The Kier molecular flexibility index (Phi) is 5.56. The van der Waals surface area contributed by atoms with E-state index < -0.39 is 5.82 Å². The van der Waals surface area contributed by atoms with E-state index in [1.807, 2.05) is 6.07 Å². The number of aromatic amines is 1. The van der Waals surface area contributed by atoms with E-state index in [-0.39, 0.29) is 37.1 Å². The number of pyridine rings is 1. The van der Waals surface area contributed by atoms with Crippen LogP contribution < -0.4 is 41.6 Å². The summed E-state index contributed by atoms with van der Waals surface area (Å²) in [6.07, 6.45) is 4.54. The summed E-state index contributed by atoms with van der Waals surface area (Å²) < 4.78 is 28.8. The van der Waals surface area contributed by atoms with E-state index in [0.717, 1.165) is 36.5 Å². The van der Waals surface area contributed by atoms with Crippen LogP contribution >= 0.6 is 0 Å². The van der Waals surface area contributed by atoms with Crippen LogP contribution in [-0.4, -0.2) is 52.3 Å². The van der Waals surface area contributed by atoms with Crippen LogP contribution in [0.2, 0.25) is 0 Å². The second-order valence-corrected chi connectivity index (χ2v) is 12.0. The van der Waals surface area contributed by atoms with Gasteiger partial charge in [0.25, 0.3) is 0 Å². The zero-order valence-corrected chi connectivity index (χ0v) is 20.7. The molecule has 34 heavy (non-hydrogen) atoms. The summed E-state index contributed by atoms with van der Waals surface area (Å²) in [4.78, 5) is 21.0. The number of hydrogen-bond donors (Lipinski definition) is 3. The van der Waals surface area contributed by atoms with Gasteiger partial charge in [-0.1, -0.05) is 0 Å². The molecule has 0 radical (unpaired) electrons. The van der Waals surface area contributed by atoms with Gasteiger partial charge in [0.1, 0.15) is 0 Å². The average Bonchev–Trinajstić information content (AvgIpc) is 3.45.